The average Bonchev–Trinajstić information content (AvgIpc) is 3.09. The summed E-state index contributed by atoms with van der Waals surface area (Å²) in [5.41, 5.74) is 3.96. The first-order valence-corrected chi connectivity index (χ1v) is 8.78. The largest absolute Gasteiger partial charge is 0.341 e. The fraction of sp³-hybridized carbons (Fsp3) is 0.211. The number of aromatic nitrogens is 2. The molecule has 0 fully saturated rings. The van der Waals surface area contributed by atoms with E-state index in [0.717, 1.165) is 27.5 Å². The molecule has 0 atom stereocenters. The Balaban J connectivity index is 1.67. The van der Waals surface area contributed by atoms with E-state index in [4.69, 9.17) is 0 Å². The number of hydrogen-bond donors (Lipinski definition) is 1. The fourth-order valence-corrected chi connectivity index (χ4v) is 3.19. The van der Waals surface area contributed by atoms with Crippen molar-refractivity contribution in [1.29, 1.82) is 0 Å². The number of carbonyl (C=O) groups is 1. The Morgan fingerprint density at radius 2 is 1.76 bits per heavy atom. The first-order chi connectivity index (χ1) is 12.0. The summed E-state index contributed by atoms with van der Waals surface area (Å²) in [4.78, 5) is 18.7. The van der Waals surface area contributed by atoms with Crippen LogP contribution >= 0.6 is 11.5 Å². The smallest absolute Gasteiger partial charge is 0.243 e. The quantitative estimate of drug-likeness (QED) is 0.757. The molecule has 0 aliphatic heterocycles. The monoisotopic (exact) mass is 352 g/mol. The number of carbonyl (C=O) groups excluding carboxylic acids is 1. The zero-order chi connectivity index (χ0) is 17.8. The molecule has 1 amide bonds. The minimum absolute atomic E-state index is 0.0728. The van der Waals surface area contributed by atoms with Gasteiger partial charge in [0.05, 0.1) is 6.54 Å². The van der Waals surface area contributed by atoms with Crippen LogP contribution in [0.15, 0.2) is 48.5 Å². The molecular formula is C19H20N4OS. The van der Waals surface area contributed by atoms with E-state index in [2.05, 4.69) is 14.7 Å². The Kier molecular flexibility index (Phi) is 5.09. The molecule has 6 heteroatoms. The molecule has 1 N–H and O–H groups in total. The molecule has 5 nitrogen and oxygen atoms in total. The molecule has 1 aromatic heterocycles. The van der Waals surface area contributed by atoms with Gasteiger partial charge in [0.1, 0.15) is 0 Å². The van der Waals surface area contributed by atoms with Gasteiger partial charge in [-0.25, -0.2) is 0 Å². The molecule has 0 saturated carbocycles. The summed E-state index contributed by atoms with van der Waals surface area (Å²) in [6.07, 6.45) is 0. The number of rotatable bonds is 5. The van der Waals surface area contributed by atoms with Crippen molar-refractivity contribution >= 4 is 28.3 Å². The van der Waals surface area contributed by atoms with Crippen molar-refractivity contribution < 1.29 is 4.79 Å². The van der Waals surface area contributed by atoms with E-state index in [1.165, 1.54) is 11.5 Å². The second-order valence-electron chi connectivity index (χ2n) is 5.94. The highest BCUT2D eigenvalue weighted by Crippen LogP contribution is 2.23. The zero-order valence-corrected chi connectivity index (χ0v) is 15.3. The first kappa shape index (κ1) is 17.1. The third kappa shape index (κ3) is 4.03. The lowest BCUT2D eigenvalue weighted by Gasteiger charge is -2.16. The van der Waals surface area contributed by atoms with Gasteiger partial charge in [0.15, 0.2) is 5.82 Å². The maximum atomic E-state index is 12.4. The highest BCUT2D eigenvalue weighted by Gasteiger charge is 2.14. The highest BCUT2D eigenvalue weighted by molar-refractivity contribution is 7.09. The van der Waals surface area contributed by atoms with Crippen molar-refractivity contribution in [3.8, 4) is 11.4 Å². The van der Waals surface area contributed by atoms with E-state index >= 15 is 0 Å². The summed E-state index contributed by atoms with van der Waals surface area (Å²) in [5, 5.41) is 3.71. The summed E-state index contributed by atoms with van der Waals surface area (Å²) in [6.45, 7) is 4.20. The topological polar surface area (TPSA) is 58.1 Å². The number of para-hydroxylation sites is 1. The van der Waals surface area contributed by atoms with Gasteiger partial charge in [0.2, 0.25) is 11.0 Å². The Labute approximate surface area is 151 Å². The van der Waals surface area contributed by atoms with E-state index in [1.807, 2.05) is 74.3 Å². The molecule has 0 radical (unpaired) electrons. The van der Waals surface area contributed by atoms with E-state index in [-0.39, 0.29) is 12.5 Å². The van der Waals surface area contributed by atoms with Gasteiger partial charge < -0.3 is 10.2 Å². The molecule has 0 spiro atoms. The van der Waals surface area contributed by atoms with Gasteiger partial charge in [0, 0.05) is 29.8 Å². The minimum atomic E-state index is -0.0728. The molecule has 2 aromatic carbocycles. The van der Waals surface area contributed by atoms with E-state index < -0.39 is 0 Å². The van der Waals surface area contributed by atoms with Crippen LogP contribution < -0.4 is 10.2 Å². The lowest BCUT2D eigenvalue weighted by molar-refractivity contribution is -0.114. The van der Waals surface area contributed by atoms with Gasteiger partial charge in [-0.2, -0.15) is 9.36 Å². The summed E-state index contributed by atoms with van der Waals surface area (Å²) in [5.74, 6) is 0.610. The highest BCUT2D eigenvalue weighted by atomic mass is 32.1. The first-order valence-electron chi connectivity index (χ1n) is 8.01. The maximum absolute atomic E-state index is 12.4. The Hall–Kier alpha value is -2.73. The number of benzene rings is 2. The average molecular weight is 352 g/mol. The van der Waals surface area contributed by atoms with Crippen LogP contribution in [0.4, 0.5) is 10.8 Å². The molecule has 3 aromatic rings. The number of nitrogens with zero attached hydrogens (tertiary/aromatic N) is 3. The summed E-state index contributed by atoms with van der Waals surface area (Å²) >= 11 is 1.29. The van der Waals surface area contributed by atoms with E-state index in [1.54, 1.807) is 0 Å². The lowest BCUT2D eigenvalue weighted by Crippen LogP contribution is -2.30. The predicted molar refractivity (Wildman–Crippen MR) is 103 cm³/mol. The van der Waals surface area contributed by atoms with Crippen LogP contribution in [0.5, 0.6) is 0 Å². The van der Waals surface area contributed by atoms with Crippen molar-refractivity contribution in [3.63, 3.8) is 0 Å². The van der Waals surface area contributed by atoms with Gasteiger partial charge in [-0.05, 0) is 25.0 Å². The molecule has 1 heterocycles. The lowest BCUT2D eigenvalue weighted by atomic mass is 10.1. The standard InChI is InChI=1S/C19H20N4OS/c1-13-8-7-9-14(2)17(13)20-16(24)12-23(3)19-21-18(22-25-19)15-10-5-4-6-11-15/h4-11H,12H2,1-3H3,(H,20,24). The second-order valence-corrected chi connectivity index (χ2v) is 6.67. The van der Waals surface area contributed by atoms with Crippen LogP contribution in [-0.4, -0.2) is 28.9 Å². The fourth-order valence-electron chi connectivity index (χ4n) is 2.55. The minimum Gasteiger partial charge on any atom is -0.341 e. The normalized spacial score (nSPS) is 10.5. The number of nitrogens with one attached hydrogen (secondary N) is 1. The molecule has 0 unspecified atom stereocenters. The SMILES string of the molecule is Cc1cccc(C)c1NC(=O)CN(C)c1nc(-c2ccccc2)ns1. The number of amides is 1. The van der Waals surface area contributed by atoms with E-state index in [9.17, 15) is 4.79 Å². The molecule has 0 bridgehead atoms. The van der Waals surface area contributed by atoms with Crippen LogP contribution in [0.25, 0.3) is 11.4 Å². The molecule has 0 saturated heterocycles. The molecule has 3 rings (SSSR count). The Morgan fingerprint density at radius 3 is 2.44 bits per heavy atom. The van der Waals surface area contributed by atoms with Crippen molar-refractivity contribution in [2.24, 2.45) is 0 Å². The van der Waals surface area contributed by atoms with Gasteiger partial charge in [-0.1, -0.05) is 48.5 Å². The van der Waals surface area contributed by atoms with Crippen molar-refractivity contribution in [3.05, 3.63) is 59.7 Å². The maximum Gasteiger partial charge on any atom is 0.243 e. The van der Waals surface area contributed by atoms with Crippen LogP contribution in [0.3, 0.4) is 0 Å². The van der Waals surface area contributed by atoms with Crippen LogP contribution in [-0.2, 0) is 4.79 Å². The van der Waals surface area contributed by atoms with Crippen LogP contribution in [0, 0.1) is 13.8 Å². The Morgan fingerprint density at radius 1 is 1.08 bits per heavy atom. The van der Waals surface area contributed by atoms with Gasteiger partial charge >= 0.3 is 0 Å². The number of hydrogen-bond acceptors (Lipinski definition) is 5. The summed E-state index contributed by atoms with van der Waals surface area (Å²) in [6, 6.07) is 15.8. The summed E-state index contributed by atoms with van der Waals surface area (Å²) < 4.78 is 4.38. The summed E-state index contributed by atoms with van der Waals surface area (Å²) in [7, 11) is 1.85. The van der Waals surface area contributed by atoms with Gasteiger partial charge in [-0.15, -0.1) is 0 Å². The second kappa shape index (κ2) is 7.44. The molecule has 25 heavy (non-hydrogen) atoms. The van der Waals surface area contributed by atoms with Crippen LogP contribution in [0.2, 0.25) is 0 Å². The Bertz CT molecular complexity index is 856. The molecule has 0 aliphatic rings. The molecule has 0 aliphatic carbocycles. The third-order valence-corrected chi connectivity index (χ3v) is 4.73. The zero-order valence-electron chi connectivity index (χ0n) is 14.5. The van der Waals surface area contributed by atoms with Crippen molar-refractivity contribution in [2.45, 2.75) is 13.8 Å². The number of likely N-dealkylation sites (N-methyl/N-ethyl adjacent to an activating group) is 1. The van der Waals surface area contributed by atoms with Gasteiger partial charge in [0.25, 0.3) is 0 Å². The van der Waals surface area contributed by atoms with Crippen molar-refractivity contribution in [2.75, 3.05) is 23.8 Å². The van der Waals surface area contributed by atoms with Gasteiger partial charge in [-0.3, -0.25) is 4.79 Å². The predicted octanol–water partition coefficient (Wildman–Crippen LogP) is 3.90. The molecule has 128 valence electrons. The molecular weight excluding hydrogens is 332 g/mol. The van der Waals surface area contributed by atoms with E-state index in [0.29, 0.717) is 5.82 Å². The van der Waals surface area contributed by atoms with Crippen molar-refractivity contribution in [1.82, 2.24) is 9.36 Å². The number of anilines is 2. The number of aryl methyl sites for hydroxylation is 2. The third-order valence-electron chi connectivity index (χ3n) is 3.90. The van der Waals surface area contributed by atoms with Crippen LogP contribution in [0.1, 0.15) is 11.1 Å².